The van der Waals surface area contributed by atoms with E-state index in [1.165, 1.54) is 24.3 Å². The summed E-state index contributed by atoms with van der Waals surface area (Å²) in [7, 11) is 0. The molecule has 0 radical (unpaired) electrons. The zero-order valence-electron chi connectivity index (χ0n) is 23.3. The van der Waals surface area contributed by atoms with Gasteiger partial charge in [0.15, 0.2) is 5.60 Å². The van der Waals surface area contributed by atoms with Gasteiger partial charge in [0.1, 0.15) is 17.2 Å². The minimum Gasteiger partial charge on any atom is -0.456 e. The van der Waals surface area contributed by atoms with Crippen molar-refractivity contribution in [2.75, 3.05) is 18.0 Å². The molecule has 6 nitrogen and oxygen atoms in total. The molecule has 0 bridgehead atoms. The Kier molecular flexibility index (Phi) is 6.96. The first-order valence-electron chi connectivity index (χ1n) is 13.8. The van der Waals surface area contributed by atoms with Crippen molar-refractivity contribution < 1.29 is 37.0 Å². The SMILES string of the molecule is CCN(CC)c1ccc2c(c1)Oc1cc(OC(=O)/C=C/c3cccc(C(F)(F)F)c3)ccc1C21OC(=O)c2ccccc21. The van der Waals surface area contributed by atoms with Gasteiger partial charge < -0.3 is 19.1 Å². The topological polar surface area (TPSA) is 65.1 Å². The monoisotopic (exact) mass is 585 g/mol. The summed E-state index contributed by atoms with van der Waals surface area (Å²) in [5.41, 5.74) is 1.40. The van der Waals surface area contributed by atoms with E-state index in [4.69, 9.17) is 14.2 Å². The summed E-state index contributed by atoms with van der Waals surface area (Å²) in [5.74, 6) is -0.272. The molecule has 1 atom stereocenters. The molecule has 0 saturated carbocycles. The molecule has 4 aromatic carbocycles. The van der Waals surface area contributed by atoms with Crippen molar-refractivity contribution in [1.29, 1.82) is 0 Å². The standard InChI is InChI=1S/C34H26F3NO5/c1-3-38(4-2)23-13-15-27-29(19-23)42-30-20-24(41-31(39)17-12-21-8-7-9-22(18-21)34(35,36)37)14-16-28(30)33(27)26-11-6-5-10-25(26)32(40)43-33/h5-20H,3-4H2,1-2H3/b17-12+. The fraction of sp³-hybridized carbons (Fsp3) is 0.176. The Morgan fingerprint density at radius 1 is 0.884 bits per heavy atom. The lowest BCUT2D eigenvalue weighted by atomic mass is 9.77. The molecule has 218 valence electrons. The molecule has 2 heterocycles. The van der Waals surface area contributed by atoms with Crippen molar-refractivity contribution >= 4 is 23.7 Å². The lowest BCUT2D eigenvalue weighted by molar-refractivity contribution is -0.137. The Bertz CT molecular complexity index is 1780. The molecule has 0 fully saturated rings. The van der Waals surface area contributed by atoms with E-state index in [2.05, 4.69) is 18.7 Å². The van der Waals surface area contributed by atoms with Crippen LogP contribution in [0.25, 0.3) is 6.08 Å². The number of carbonyl (C=O) groups excluding carboxylic acids is 2. The van der Waals surface area contributed by atoms with Crippen LogP contribution in [0.1, 0.15) is 52.0 Å². The van der Waals surface area contributed by atoms with E-state index in [0.717, 1.165) is 37.0 Å². The van der Waals surface area contributed by atoms with Crippen molar-refractivity contribution in [2.45, 2.75) is 25.6 Å². The predicted molar refractivity (Wildman–Crippen MR) is 154 cm³/mol. The first-order valence-corrected chi connectivity index (χ1v) is 13.8. The van der Waals surface area contributed by atoms with E-state index in [1.54, 1.807) is 24.3 Å². The number of hydrogen-bond acceptors (Lipinski definition) is 6. The second-order valence-corrected chi connectivity index (χ2v) is 10.1. The van der Waals surface area contributed by atoms with Gasteiger partial charge in [-0.25, -0.2) is 9.59 Å². The molecule has 0 aromatic heterocycles. The van der Waals surface area contributed by atoms with E-state index in [0.29, 0.717) is 33.8 Å². The van der Waals surface area contributed by atoms with Crippen molar-refractivity contribution in [3.05, 3.63) is 124 Å². The first-order chi connectivity index (χ1) is 20.6. The highest BCUT2D eigenvalue weighted by Gasteiger charge is 2.53. The molecule has 4 aromatic rings. The number of nitrogens with zero attached hydrogens (tertiary/aromatic N) is 1. The highest BCUT2D eigenvalue weighted by molar-refractivity contribution is 5.97. The van der Waals surface area contributed by atoms with Gasteiger partial charge in [-0.05, 0) is 68.0 Å². The van der Waals surface area contributed by atoms with Gasteiger partial charge in [0.2, 0.25) is 0 Å². The van der Waals surface area contributed by atoms with Gasteiger partial charge in [0.05, 0.1) is 11.1 Å². The van der Waals surface area contributed by atoms with Gasteiger partial charge in [0.25, 0.3) is 0 Å². The van der Waals surface area contributed by atoms with Gasteiger partial charge in [-0.1, -0.05) is 30.3 Å². The number of rotatable bonds is 6. The van der Waals surface area contributed by atoms with Crippen LogP contribution in [0, 0.1) is 0 Å². The van der Waals surface area contributed by atoms with Crippen molar-refractivity contribution in [1.82, 2.24) is 0 Å². The third-order valence-electron chi connectivity index (χ3n) is 7.64. The number of carbonyl (C=O) groups is 2. The summed E-state index contributed by atoms with van der Waals surface area (Å²) < 4.78 is 57.1. The van der Waals surface area contributed by atoms with Gasteiger partial charge in [-0.2, -0.15) is 13.2 Å². The summed E-state index contributed by atoms with van der Waals surface area (Å²) in [5, 5.41) is 0. The maximum absolute atomic E-state index is 13.1. The third-order valence-corrected chi connectivity index (χ3v) is 7.64. The maximum Gasteiger partial charge on any atom is 0.416 e. The first kappa shape index (κ1) is 28.1. The molecule has 0 saturated heterocycles. The van der Waals surface area contributed by atoms with Crippen LogP contribution < -0.4 is 14.4 Å². The predicted octanol–water partition coefficient (Wildman–Crippen LogP) is 7.74. The smallest absolute Gasteiger partial charge is 0.416 e. The highest BCUT2D eigenvalue weighted by Crippen LogP contribution is 2.57. The van der Waals surface area contributed by atoms with Crippen LogP contribution in [0.15, 0.2) is 91.0 Å². The normalized spacial score (nSPS) is 16.7. The fourth-order valence-corrected chi connectivity index (χ4v) is 5.63. The molecular formula is C34H26F3NO5. The Morgan fingerprint density at radius 2 is 1.60 bits per heavy atom. The Hall–Kier alpha value is -5.05. The van der Waals surface area contributed by atoms with Crippen LogP contribution in [-0.4, -0.2) is 25.0 Å². The quantitative estimate of drug-likeness (QED) is 0.131. The fourth-order valence-electron chi connectivity index (χ4n) is 5.63. The van der Waals surface area contributed by atoms with Crippen LogP contribution >= 0.6 is 0 Å². The molecular weight excluding hydrogens is 559 g/mol. The number of anilines is 1. The highest BCUT2D eigenvalue weighted by atomic mass is 19.4. The second kappa shape index (κ2) is 10.7. The van der Waals surface area contributed by atoms with Crippen LogP contribution in [0.4, 0.5) is 18.9 Å². The lowest BCUT2D eigenvalue weighted by Gasteiger charge is -2.37. The summed E-state index contributed by atoms with van der Waals surface area (Å²) in [6.07, 6.45) is -2.19. The maximum atomic E-state index is 13.1. The van der Waals surface area contributed by atoms with Crippen LogP contribution in [0.5, 0.6) is 17.2 Å². The number of halogens is 3. The molecule has 2 aliphatic heterocycles. The summed E-state index contributed by atoms with van der Waals surface area (Å²) >= 11 is 0. The molecule has 2 aliphatic rings. The number of esters is 2. The van der Waals surface area contributed by atoms with Gasteiger partial charge in [-0.3, -0.25) is 0 Å². The largest absolute Gasteiger partial charge is 0.456 e. The minimum atomic E-state index is -4.50. The molecule has 0 aliphatic carbocycles. The third kappa shape index (κ3) is 4.90. The van der Waals surface area contributed by atoms with Crippen LogP contribution in [0.3, 0.4) is 0 Å². The van der Waals surface area contributed by atoms with Gasteiger partial charge >= 0.3 is 18.1 Å². The number of alkyl halides is 3. The van der Waals surface area contributed by atoms with E-state index in [1.807, 2.05) is 30.3 Å². The van der Waals surface area contributed by atoms with E-state index in [9.17, 15) is 22.8 Å². The van der Waals surface area contributed by atoms with E-state index >= 15 is 0 Å². The summed E-state index contributed by atoms with van der Waals surface area (Å²) in [6.45, 7) is 5.67. The van der Waals surface area contributed by atoms with Crippen molar-refractivity contribution in [3.8, 4) is 17.2 Å². The van der Waals surface area contributed by atoms with Gasteiger partial charge in [0, 0.05) is 53.7 Å². The zero-order valence-corrected chi connectivity index (χ0v) is 23.3. The number of benzene rings is 4. The average Bonchev–Trinajstić information content (AvgIpc) is 3.29. The molecule has 43 heavy (non-hydrogen) atoms. The zero-order chi connectivity index (χ0) is 30.4. The van der Waals surface area contributed by atoms with Crippen molar-refractivity contribution in [2.24, 2.45) is 0 Å². The second-order valence-electron chi connectivity index (χ2n) is 10.1. The van der Waals surface area contributed by atoms with Crippen LogP contribution in [-0.2, 0) is 21.3 Å². The lowest BCUT2D eigenvalue weighted by Crippen LogP contribution is -2.33. The van der Waals surface area contributed by atoms with E-state index < -0.39 is 29.3 Å². The Balaban J connectivity index is 1.36. The number of hydrogen-bond donors (Lipinski definition) is 0. The molecule has 9 heteroatoms. The molecule has 6 rings (SSSR count). The summed E-state index contributed by atoms with van der Waals surface area (Å²) in [4.78, 5) is 27.9. The average molecular weight is 586 g/mol. The van der Waals surface area contributed by atoms with Crippen molar-refractivity contribution in [3.63, 3.8) is 0 Å². The minimum absolute atomic E-state index is 0.147. The number of fused-ring (bicyclic) bond motifs is 6. The molecule has 0 amide bonds. The van der Waals surface area contributed by atoms with E-state index in [-0.39, 0.29) is 11.3 Å². The van der Waals surface area contributed by atoms with Crippen LogP contribution in [0.2, 0.25) is 0 Å². The summed E-state index contributed by atoms with van der Waals surface area (Å²) in [6, 6.07) is 22.4. The van der Waals surface area contributed by atoms with Gasteiger partial charge in [-0.15, -0.1) is 0 Å². The molecule has 1 unspecified atom stereocenters. The number of ether oxygens (including phenoxy) is 3. The Morgan fingerprint density at radius 3 is 2.35 bits per heavy atom. The Labute approximate surface area is 245 Å². The molecule has 1 spiro atoms. The molecule has 0 N–H and O–H groups in total.